The van der Waals surface area contributed by atoms with Crippen LogP contribution in [0, 0.1) is 0 Å². The number of hydrogen-bond acceptors (Lipinski definition) is 6. The lowest BCUT2D eigenvalue weighted by Gasteiger charge is -2.30. The molecule has 0 saturated carbocycles. The Bertz CT molecular complexity index is 681. The van der Waals surface area contributed by atoms with E-state index in [1.165, 1.54) is 7.11 Å². The Labute approximate surface area is 122 Å². The van der Waals surface area contributed by atoms with Crippen LogP contribution in [0.4, 0.5) is 5.82 Å². The van der Waals surface area contributed by atoms with Crippen molar-refractivity contribution in [1.82, 2.24) is 19.7 Å². The number of aromatic nitrogens is 3. The Morgan fingerprint density at radius 3 is 3.05 bits per heavy atom. The zero-order valence-electron chi connectivity index (χ0n) is 12.2. The van der Waals surface area contributed by atoms with Gasteiger partial charge in [0, 0.05) is 12.7 Å². The number of likely N-dealkylation sites (tertiary alicyclic amines) is 1. The molecule has 2 aromatic heterocycles. The van der Waals surface area contributed by atoms with Gasteiger partial charge in [0.2, 0.25) is 0 Å². The quantitative estimate of drug-likeness (QED) is 0.832. The molecule has 0 aromatic carbocycles. The van der Waals surface area contributed by atoms with Crippen molar-refractivity contribution >= 4 is 22.7 Å². The monoisotopic (exact) mass is 289 g/mol. The highest BCUT2D eigenvalue weighted by Gasteiger charge is 2.26. The summed E-state index contributed by atoms with van der Waals surface area (Å²) in [6.45, 7) is 1.99. The molecule has 0 unspecified atom stereocenters. The number of nitrogens with zero attached hydrogens (tertiary/aromatic N) is 4. The number of fused-ring (bicyclic) bond motifs is 1. The largest absolute Gasteiger partial charge is 0.464 e. The van der Waals surface area contributed by atoms with Gasteiger partial charge < -0.3 is 15.4 Å². The number of carbonyl (C=O) groups excluding carboxylic acids is 1. The van der Waals surface area contributed by atoms with Crippen LogP contribution in [-0.4, -0.2) is 52.9 Å². The molecule has 1 aliphatic heterocycles. The van der Waals surface area contributed by atoms with E-state index in [-0.39, 0.29) is 11.7 Å². The highest BCUT2D eigenvalue weighted by Crippen LogP contribution is 2.29. The highest BCUT2D eigenvalue weighted by atomic mass is 16.5. The van der Waals surface area contributed by atoms with Gasteiger partial charge in [-0.15, -0.1) is 0 Å². The maximum absolute atomic E-state index is 11.9. The van der Waals surface area contributed by atoms with Crippen LogP contribution in [0.3, 0.4) is 0 Å². The Balaban J connectivity index is 2.15. The van der Waals surface area contributed by atoms with Gasteiger partial charge in [-0.05, 0) is 32.5 Å². The van der Waals surface area contributed by atoms with Gasteiger partial charge in [0.25, 0.3) is 0 Å². The van der Waals surface area contributed by atoms with Gasteiger partial charge in [0.05, 0.1) is 24.1 Å². The average molecular weight is 289 g/mol. The maximum Gasteiger partial charge on any atom is 0.359 e. The van der Waals surface area contributed by atoms with Crippen molar-refractivity contribution in [3.8, 4) is 0 Å². The van der Waals surface area contributed by atoms with Gasteiger partial charge in [-0.3, -0.25) is 4.68 Å². The number of esters is 1. The van der Waals surface area contributed by atoms with Crippen molar-refractivity contribution in [3.05, 3.63) is 18.0 Å². The SMILES string of the molecule is COC(=O)c1nn([C@@H]2CCCN(C)C2)c2ccnc(N)c12. The van der Waals surface area contributed by atoms with Crippen LogP contribution in [-0.2, 0) is 4.74 Å². The zero-order chi connectivity index (χ0) is 15.0. The minimum absolute atomic E-state index is 0.228. The Morgan fingerprint density at radius 1 is 1.52 bits per heavy atom. The molecule has 2 N–H and O–H groups in total. The van der Waals surface area contributed by atoms with Crippen LogP contribution >= 0.6 is 0 Å². The van der Waals surface area contributed by atoms with E-state index in [9.17, 15) is 4.79 Å². The molecule has 2 aromatic rings. The second-order valence-corrected chi connectivity index (χ2v) is 5.43. The number of nitrogen functional groups attached to an aromatic ring is 1. The van der Waals surface area contributed by atoms with Crippen LogP contribution in [0.15, 0.2) is 12.3 Å². The summed E-state index contributed by atoms with van der Waals surface area (Å²) in [6.07, 6.45) is 3.78. The molecule has 1 atom stereocenters. The molecule has 7 nitrogen and oxygen atoms in total. The second kappa shape index (κ2) is 5.33. The number of carbonyl (C=O) groups is 1. The molecule has 0 spiro atoms. The topological polar surface area (TPSA) is 86.3 Å². The minimum atomic E-state index is -0.484. The fourth-order valence-electron chi connectivity index (χ4n) is 2.97. The Hall–Kier alpha value is -2.15. The van der Waals surface area contributed by atoms with E-state index in [4.69, 9.17) is 10.5 Å². The first-order chi connectivity index (χ1) is 10.1. The average Bonchev–Trinajstić information content (AvgIpc) is 2.87. The number of nitrogens with two attached hydrogens (primary N) is 1. The van der Waals surface area contributed by atoms with E-state index in [1.54, 1.807) is 6.20 Å². The molecule has 0 amide bonds. The van der Waals surface area contributed by atoms with Crippen molar-refractivity contribution in [2.45, 2.75) is 18.9 Å². The summed E-state index contributed by atoms with van der Waals surface area (Å²) < 4.78 is 6.71. The minimum Gasteiger partial charge on any atom is -0.464 e. The van der Waals surface area contributed by atoms with Gasteiger partial charge in [0.1, 0.15) is 5.82 Å². The summed E-state index contributed by atoms with van der Waals surface area (Å²) in [7, 11) is 3.43. The molecule has 1 fully saturated rings. The number of anilines is 1. The lowest BCUT2D eigenvalue weighted by molar-refractivity contribution is 0.0594. The first kappa shape index (κ1) is 13.8. The van der Waals surface area contributed by atoms with E-state index in [1.807, 2.05) is 10.7 Å². The van der Waals surface area contributed by atoms with Crippen LogP contribution in [0.2, 0.25) is 0 Å². The molecular weight excluding hydrogens is 270 g/mol. The molecule has 3 rings (SSSR count). The fourth-order valence-corrected chi connectivity index (χ4v) is 2.97. The normalized spacial score (nSPS) is 19.8. The number of methoxy groups -OCH3 is 1. The predicted molar refractivity (Wildman–Crippen MR) is 79.0 cm³/mol. The van der Waals surface area contributed by atoms with E-state index >= 15 is 0 Å². The van der Waals surface area contributed by atoms with Crippen LogP contribution < -0.4 is 5.73 Å². The maximum atomic E-state index is 11.9. The van der Waals surface area contributed by atoms with E-state index < -0.39 is 5.97 Å². The van der Waals surface area contributed by atoms with Crippen LogP contribution in [0.1, 0.15) is 29.4 Å². The molecule has 7 heteroatoms. The second-order valence-electron chi connectivity index (χ2n) is 5.43. The molecule has 21 heavy (non-hydrogen) atoms. The summed E-state index contributed by atoms with van der Waals surface area (Å²) in [5, 5.41) is 5.06. The summed E-state index contributed by atoms with van der Waals surface area (Å²) in [4.78, 5) is 18.3. The van der Waals surface area contributed by atoms with Gasteiger partial charge >= 0.3 is 5.97 Å². The fraction of sp³-hybridized carbons (Fsp3) is 0.500. The molecule has 3 heterocycles. The van der Waals surface area contributed by atoms with Crippen molar-refractivity contribution in [2.75, 3.05) is 33.0 Å². The molecule has 1 aliphatic rings. The Kier molecular flexibility index (Phi) is 3.50. The lowest BCUT2D eigenvalue weighted by Crippen LogP contribution is -2.34. The molecule has 112 valence electrons. The van der Waals surface area contributed by atoms with E-state index in [0.717, 1.165) is 31.4 Å². The van der Waals surface area contributed by atoms with Gasteiger partial charge in [-0.25, -0.2) is 9.78 Å². The predicted octanol–water partition coefficient (Wildman–Crippen LogP) is 1.07. The van der Waals surface area contributed by atoms with Crippen LogP contribution in [0.25, 0.3) is 10.9 Å². The third kappa shape index (κ3) is 2.33. The Morgan fingerprint density at radius 2 is 2.33 bits per heavy atom. The summed E-state index contributed by atoms with van der Waals surface area (Å²) in [6, 6.07) is 2.08. The number of rotatable bonds is 2. The van der Waals surface area contributed by atoms with Gasteiger partial charge in [-0.2, -0.15) is 5.10 Å². The summed E-state index contributed by atoms with van der Waals surface area (Å²) >= 11 is 0. The lowest BCUT2D eigenvalue weighted by atomic mass is 10.1. The standard InChI is InChI=1S/C14H19N5O2/c1-18-7-3-4-9(8-18)19-10-5-6-16-13(15)11(10)12(17-19)14(20)21-2/h5-6,9H,3-4,7-8H2,1-2H3,(H2,15,16)/t9-/m1/s1. The number of hydrogen-bond donors (Lipinski definition) is 1. The molecule has 1 saturated heterocycles. The first-order valence-corrected chi connectivity index (χ1v) is 7.01. The molecular formula is C14H19N5O2. The first-order valence-electron chi connectivity index (χ1n) is 7.01. The van der Waals surface area contributed by atoms with Crippen LogP contribution in [0.5, 0.6) is 0 Å². The number of pyridine rings is 1. The zero-order valence-corrected chi connectivity index (χ0v) is 12.2. The third-order valence-electron chi connectivity index (χ3n) is 3.97. The summed E-state index contributed by atoms with van der Waals surface area (Å²) in [5.74, 6) is -0.175. The van der Waals surface area contributed by atoms with Gasteiger partial charge in [0.15, 0.2) is 5.69 Å². The molecule has 0 bridgehead atoms. The van der Waals surface area contributed by atoms with E-state index in [0.29, 0.717) is 11.2 Å². The van der Waals surface area contributed by atoms with Crippen molar-refractivity contribution < 1.29 is 9.53 Å². The summed E-state index contributed by atoms with van der Waals surface area (Å²) in [5.41, 5.74) is 7.02. The number of piperidine rings is 1. The van der Waals surface area contributed by atoms with Crippen molar-refractivity contribution in [1.29, 1.82) is 0 Å². The molecule has 0 radical (unpaired) electrons. The van der Waals surface area contributed by atoms with Gasteiger partial charge in [-0.1, -0.05) is 0 Å². The smallest absolute Gasteiger partial charge is 0.359 e. The number of likely N-dealkylation sites (N-methyl/N-ethyl adjacent to an activating group) is 1. The van der Waals surface area contributed by atoms with Crippen molar-refractivity contribution in [3.63, 3.8) is 0 Å². The molecule has 0 aliphatic carbocycles. The third-order valence-corrected chi connectivity index (χ3v) is 3.97. The highest BCUT2D eigenvalue weighted by molar-refractivity contribution is 6.06. The number of ether oxygens (including phenoxy) is 1. The van der Waals surface area contributed by atoms with Crippen molar-refractivity contribution in [2.24, 2.45) is 0 Å². The van der Waals surface area contributed by atoms with E-state index in [2.05, 4.69) is 22.0 Å².